The van der Waals surface area contributed by atoms with E-state index in [9.17, 15) is 8.78 Å². The fourth-order valence-electron chi connectivity index (χ4n) is 1.68. The van der Waals surface area contributed by atoms with Crippen LogP contribution in [-0.4, -0.2) is 11.7 Å². The van der Waals surface area contributed by atoms with Gasteiger partial charge in [-0.1, -0.05) is 0 Å². The van der Waals surface area contributed by atoms with Crippen LogP contribution in [-0.2, 0) is 0 Å². The number of hydrogen-bond donors (Lipinski definition) is 2. The second-order valence-electron chi connectivity index (χ2n) is 4.16. The van der Waals surface area contributed by atoms with Gasteiger partial charge in [0.2, 0.25) is 0 Å². The molecule has 0 aromatic heterocycles. The van der Waals surface area contributed by atoms with Crippen molar-refractivity contribution in [2.24, 2.45) is 0 Å². The van der Waals surface area contributed by atoms with Crippen LogP contribution in [0.4, 0.5) is 20.2 Å². The molecule has 0 aliphatic rings. The number of halogens is 2. The SMILES string of the molecule is CCOc1ccc(NC(=S)Nc2ccc(F)cc2F)cc1. The van der Waals surface area contributed by atoms with E-state index in [0.717, 1.165) is 23.6 Å². The van der Waals surface area contributed by atoms with E-state index in [4.69, 9.17) is 17.0 Å². The zero-order valence-electron chi connectivity index (χ0n) is 11.3. The zero-order valence-corrected chi connectivity index (χ0v) is 12.1. The van der Waals surface area contributed by atoms with Crippen LogP contribution >= 0.6 is 12.2 Å². The van der Waals surface area contributed by atoms with Crippen molar-refractivity contribution in [1.29, 1.82) is 0 Å². The molecule has 0 atom stereocenters. The van der Waals surface area contributed by atoms with Gasteiger partial charge in [0, 0.05) is 11.8 Å². The smallest absolute Gasteiger partial charge is 0.175 e. The minimum atomic E-state index is -0.703. The Bertz CT molecular complexity index is 632. The molecule has 2 rings (SSSR count). The Labute approximate surface area is 126 Å². The fourth-order valence-corrected chi connectivity index (χ4v) is 1.90. The van der Waals surface area contributed by atoms with Crippen LogP contribution < -0.4 is 15.4 Å². The molecule has 0 aliphatic carbocycles. The topological polar surface area (TPSA) is 33.3 Å². The van der Waals surface area contributed by atoms with Crippen molar-refractivity contribution in [3.8, 4) is 5.75 Å². The lowest BCUT2D eigenvalue weighted by molar-refractivity contribution is 0.340. The van der Waals surface area contributed by atoms with Crippen LogP contribution in [0, 0.1) is 11.6 Å². The van der Waals surface area contributed by atoms with E-state index in [1.807, 2.05) is 6.92 Å². The van der Waals surface area contributed by atoms with Crippen LogP contribution in [0.15, 0.2) is 42.5 Å². The van der Waals surface area contributed by atoms with E-state index in [1.54, 1.807) is 24.3 Å². The highest BCUT2D eigenvalue weighted by Gasteiger charge is 2.05. The molecule has 0 radical (unpaired) electrons. The van der Waals surface area contributed by atoms with Crippen LogP contribution in [0.3, 0.4) is 0 Å². The number of anilines is 2. The number of benzene rings is 2. The minimum Gasteiger partial charge on any atom is -0.494 e. The molecule has 0 fully saturated rings. The summed E-state index contributed by atoms with van der Waals surface area (Å²) in [5.41, 5.74) is 0.846. The summed E-state index contributed by atoms with van der Waals surface area (Å²) in [5, 5.41) is 5.79. The summed E-state index contributed by atoms with van der Waals surface area (Å²) >= 11 is 5.08. The summed E-state index contributed by atoms with van der Waals surface area (Å²) in [6, 6.07) is 10.4. The van der Waals surface area contributed by atoms with E-state index in [2.05, 4.69) is 10.6 Å². The first-order valence-electron chi connectivity index (χ1n) is 6.34. The Morgan fingerprint density at radius 2 is 1.81 bits per heavy atom. The summed E-state index contributed by atoms with van der Waals surface area (Å²) in [5.74, 6) is -0.583. The maximum absolute atomic E-state index is 13.5. The van der Waals surface area contributed by atoms with Crippen molar-refractivity contribution < 1.29 is 13.5 Å². The number of thiocarbonyl (C=S) groups is 1. The lowest BCUT2D eigenvalue weighted by atomic mass is 10.3. The third-order valence-corrected chi connectivity index (χ3v) is 2.81. The number of rotatable bonds is 4. The van der Waals surface area contributed by atoms with Crippen molar-refractivity contribution in [3.63, 3.8) is 0 Å². The highest BCUT2D eigenvalue weighted by atomic mass is 32.1. The highest BCUT2D eigenvalue weighted by Crippen LogP contribution is 2.18. The predicted octanol–water partition coefficient (Wildman–Crippen LogP) is 4.17. The molecule has 6 heteroatoms. The van der Waals surface area contributed by atoms with Gasteiger partial charge in [0.15, 0.2) is 5.11 Å². The summed E-state index contributed by atoms with van der Waals surface area (Å²) < 4.78 is 31.6. The van der Waals surface area contributed by atoms with Crippen LogP contribution in [0.5, 0.6) is 5.75 Å². The maximum atomic E-state index is 13.5. The number of nitrogens with one attached hydrogen (secondary N) is 2. The Morgan fingerprint density at radius 3 is 2.43 bits per heavy atom. The summed E-state index contributed by atoms with van der Waals surface area (Å²) in [6.45, 7) is 2.50. The third kappa shape index (κ3) is 4.39. The molecule has 2 aromatic carbocycles. The Hall–Kier alpha value is -2.21. The number of hydrogen-bond acceptors (Lipinski definition) is 2. The van der Waals surface area contributed by atoms with Crippen molar-refractivity contribution in [3.05, 3.63) is 54.1 Å². The summed E-state index contributed by atoms with van der Waals surface area (Å²) in [4.78, 5) is 0. The molecule has 2 N–H and O–H groups in total. The van der Waals surface area contributed by atoms with E-state index in [1.165, 1.54) is 6.07 Å². The van der Waals surface area contributed by atoms with Crippen molar-refractivity contribution in [1.82, 2.24) is 0 Å². The normalized spacial score (nSPS) is 10.0. The van der Waals surface area contributed by atoms with E-state index >= 15 is 0 Å². The standard InChI is InChI=1S/C15H14F2N2OS/c1-2-20-12-6-4-11(5-7-12)18-15(21)19-14-8-3-10(16)9-13(14)17/h3-9H,2H2,1H3,(H2,18,19,21). The monoisotopic (exact) mass is 308 g/mol. The average molecular weight is 308 g/mol. The van der Waals surface area contributed by atoms with Crippen LogP contribution in [0.25, 0.3) is 0 Å². The molecule has 3 nitrogen and oxygen atoms in total. The largest absolute Gasteiger partial charge is 0.494 e. The molecular weight excluding hydrogens is 294 g/mol. The molecule has 0 heterocycles. The molecule has 0 amide bonds. The van der Waals surface area contributed by atoms with Gasteiger partial charge in [-0.25, -0.2) is 8.78 Å². The third-order valence-electron chi connectivity index (χ3n) is 2.60. The Morgan fingerprint density at radius 1 is 1.10 bits per heavy atom. The molecule has 21 heavy (non-hydrogen) atoms. The van der Waals surface area contributed by atoms with Crippen molar-refractivity contribution >= 4 is 28.7 Å². The van der Waals surface area contributed by atoms with E-state index < -0.39 is 11.6 Å². The van der Waals surface area contributed by atoms with Gasteiger partial charge >= 0.3 is 0 Å². The van der Waals surface area contributed by atoms with Crippen LogP contribution in [0.1, 0.15) is 6.92 Å². The first kappa shape index (κ1) is 15.2. The number of ether oxygens (including phenoxy) is 1. The van der Waals surface area contributed by atoms with Gasteiger partial charge in [-0.15, -0.1) is 0 Å². The molecule has 0 unspecified atom stereocenters. The molecule has 110 valence electrons. The van der Waals surface area contributed by atoms with Gasteiger partial charge in [-0.2, -0.15) is 0 Å². The highest BCUT2D eigenvalue weighted by molar-refractivity contribution is 7.80. The summed E-state index contributed by atoms with van der Waals surface area (Å²) in [6.07, 6.45) is 0. The van der Waals surface area contributed by atoms with Gasteiger partial charge in [0.25, 0.3) is 0 Å². The summed E-state index contributed by atoms with van der Waals surface area (Å²) in [7, 11) is 0. The maximum Gasteiger partial charge on any atom is 0.175 e. The molecular formula is C15H14F2N2OS. The molecule has 0 saturated heterocycles. The fraction of sp³-hybridized carbons (Fsp3) is 0.133. The molecule has 0 spiro atoms. The molecule has 0 aliphatic heterocycles. The quantitative estimate of drug-likeness (QED) is 0.831. The van der Waals surface area contributed by atoms with Crippen molar-refractivity contribution in [2.45, 2.75) is 6.92 Å². The van der Waals surface area contributed by atoms with E-state index in [0.29, 0.717) is 6.61 Å². The molecule has 0 saturated carbocycles. The second-order valence-corrected chi connectivity index (χ2v) is 4.57. The lowest BCUT2D eigenvalue weighted by Gasteiger charge is -2.11. The van der Waals surface area contributed by atoms with Crippen LogP contribution in [0.2, 0.25) is 0 Å². The first-order chi connectivity index (χ1) is 10.1. The van der Waals surface area contributed by atoms with Gasteiger partial charge in [0.05, 0.1) is 12.3 Å². The minimum absolute atomic E-state index is 0.111. The van der Waals surface area contributed by atoms with E-state index in [-0.39, 0.29) is 10.8 Å². The predicted molar refractivity (Wildman–Crippen MR) is 83.8 cm³/mol. The van der Waals surface area contributed by atoms with Crippen molar-refractivity contribution in [2.75, 3.05) is 17.2 Å². The molecule has 0 bridgehead atoms. The molecule has 2 aromatic rings. The zero-order chi connectivity index (χ0) is 15.2. The van der Waals surface area contributed by atoms with Gasteiger partial charge < -0.3 is 15.4 Å². The Balaban J connectivity index is 1.98. The van der Waals surface area contributed by atoms with Gasteiger partial charge in [-0.3, -0.25) is 0 Å². The van der Waals surface area contributed by atoms with Gasteiger partial charge in [0.1, 0.15) is 17.4 Å². The van der Waals surface area contributed by atoms with Gasteiger partial charge in [-0.05, 0) is 55.5 Å². The average Bonchev–Trinajstić information content (AvgIpc) is 2.44. The lowest BCUT2D eigenvalue weighted by Crippen LogP contribution is -2.19. The first-order valence-corrected chi connectivity index (χ1v) is 6.75. The Kier molecular flexibility index (Phi) is 5.05. The second kappa shape index (κ2) is 6.99.